The number of aliphatic hydroxyl groups excluding tert-OH is 2. The van der Waals surface area contributed by atoms with Crippen LogP contribution in [0.4, 0.5) is 0 Å². The molecule has 0 aliphatic heterocycles. The Kier molecular flexibility index (Phi) is 7.03. The molecule has 0 radical (unpaired) electrons. The van der Waals surface area contributed by atoms with Crippen molar-refractivity contribution in [2.45, 2.75) is 65.1 Å². The van der Waals surface area contributed by atoms with Crippen molar-refractivity contribution in [2.75, 3.05) is 6.61 Å². The van der Waals surface area contributed by atoms with Gasteiger partial charge in [-0.2, -0.15) is 0 Å². The van der Waals surface area contributed by atoms with Crippen molar-refractivity contribution < 1.29 is 14.9 Å². The third kappa shape index (κ3) is 4.80. The highest BCUT2D eigenvalue weighted by Crippen LogP contribution is 2.33. The van der Waals surface area contributed by atoms with Gasteiger partial charge in [-0.3, -0.25) is 0 Å². The van der Waals surface area contributed by atoms with Crippen molar-refractivity contribution in [2.24, 2.45) is 0 Å². The topological polar surface area (TPSA) is 49.7 Å². The van der Waals surface area contributed by atoms with E-state index in [-0.39, 0.29) is 5.92 Å². The molecule has 1 aromatic carbocycles. The van der Waals surface area contributed by atoms with E-state index < -0.39 is 12.2 Å². The number of ether oxygens (including phenoxy) is 1. The molecule has 0 aliphatic carbocycles. The van der Waals surface area contributed by atoms with E-state index >= 15 is 0 Å². The van der Waals surface area contributed by atoms with Crippen LogP contribution in [-0.4, -0.2) is 29.0 Å². The summed E-state index contributed by atoms with van der Waals surface area (Å²) >= 11 is 0. The molecule has 0 fully saturated rings. The molecular formula is C17H28O3. The lowest BCUT2D eigenvalue weighted by Gasteiger charge is -2.23. The van der Waals surface area contributed by atoms with Crippen LogP contribution in [0.2, 0.25) is 0 Å². The lowest BCUT2D eigenvalue weighted by Crippen LogP contribution is -2.25. The minimum Gasteiger partial charge on any atom is -0.493 e. The molecule has 114 valence electrons. The molecular weight excluding hydrogens is 252 g/mol. The van der Waals surface area contributed by atoms with Crippen molar-refractivity contribution in [3.8, 4) is 5.75 Å². The van der Waals surface area contributed by atoms with E-state index in [1.165, 1.54) is 5.56 Å². The first kappa shape index (κ1) is 17.0. The summed E-state index contributed by atoms with van der Waals surface area (Å²) in [6.07, 6.45) is 1.05. The molecule has 0 heterocycles. The lowest BCUT2D eigenvalue weighted by molar-refractivity contribution is 0.0213. The molecule has 0 saturated heterocycles. The molecule has 3 atom stereocenters. The quantitative estimate of drug-likeness (QED) is 0.767. The first-order valence-electron chi connectivity index (χ1n) is 7.59. The van der Waals surface area contributed by atoms with Crippen molar-refractivity contribution >= 4 is 0 Å². The summed E-state index contributed by atoms with van der Waals surface area (Å²) in [5.74, 6) is 1.11. The zero-order valence-electron chi connectivity index (χ0n) is 13.1. The summed E-state index contributed by atoms with van der Waals surface area (Å²) in [4.78, 5) is 0. The van der Waals surface area contributed by atoms with Crippen molar-refractivity contribution in [3.63, 3.8) is 0 Å². The molecule has 1 rings (SSSR count). The zero-order valence-corrected chi connectivity index (χ0v) is 13.1. The Bertz CT molecular complexity index is 401. The standard InChI is InChI=1S/C17H28O3/c1-5-9-20-17-8-7-12(3)10-15(17)14(6-2)11-16(19)13(4)18/h7-8,10,13-14,16,18-19H,5-6,9,11H2,1-4H3. The summed E-state index contributed by atoms with van der Waals surface area (Å²) in [5, 5.41) is 19.4. The second-order valence-electron chi connectivity index (χ2n) is 5.54. The Labute approximate surface area is 122 Å². The third-order valence-electron chi connectivity index (χ3n) is 3.64. The molecule has 0 amide bonds. The van der Waals surface area contributed by atoms with Crippen LogP contribution in [0.3, 0.4) is 0 Å². The second-order valence-corrected chi connectivity index (χ2v) is 5.54. The summed E-state index contributed by atoms with van der Waals surface area (Å²) in [6, 6.07) is 6.19. The monoisotopic (exact) mass is 280 g/mol. The van der Waals surface area contributed by atoms with E-state index in [0.717, 1.165) is 24.2 Å². The average Bonchev–Trinajstić information content (AvgIpc) is 2.43. The number of aliphatic hydroxyl groups is 2. The van der Waals surface area contributed by atoms with E-state index in [4.69, 9.17) is 4.74 Å². The largest absolute Gasteiger partial charge is 0.493 e. The normalized spacial score (nSPS) is 15.7. The van der Waals surface area contributed by atoms with Crippen molar-refractivity contribution in [1.82, 2.24) is 0 Å². The molecule has 1 aromatic rings. The minimum absolute atomic E-state index is 0.200. The second kappa shape index (κ2) is 8.28. The van der Waals surface area contributed by atoms with Crippen molar-refractivity contribution in [1.29, 1.82) is 0 Å². The van der Waals surface area contributed by atoms with Crippen LogP contribution in [0.25, 0.3) is 0 Å². The highest BCUT2D eigenvalue weighted by Gasteiger charge is 2.21. The highest BCUT2D eigenvalue weighted by atomic mass is 16.5. The highest BCUT2D eigenvalue weighted by molar-refractivity contribution is 5.39. The van der Waals surface area contributed by atoms with Crippen LogP contribution in [0.5, 0.6) is 5.75 Å². The van der Waals surface area contributed by atoms with Gasteiger partial charge in [-0.15, -0.1) is 0 Å². The third-order valence-corrected chi connectivity index (χ3v) is 3.64. The molecule has 0 aliphatic rings. The molecule has 0 bridgehead atoms. The number of aryl methyl sites for hydroxylation is 1. The summed E-state index contributed by atoms with van der Waals surface area (Å²) in [6.45, 7) is 8.58. The fourth-order valence-electron chi connectivity index (χ4n) is 2.33. The van der Waals surface area contributed by atoms with Gasteiger partial charge in [0.2, 0.25) is 0 Å². The van der Waals surface area contributed by atoms with Crippen LogP contribution in [0.1, 0.15) is 57.1 Å². The molecule has 20 heavy (non-hydrogen) atoms. The van der Waals surface area contributed by atoms with Gasteiger partial charge in [-0.25, -0.2) is 0 Å². The predicted octanol–water partition coefficient (Wildman–Crippen LogP) is 3.41. The van der Waals surface area contributed by atoms with Crippen LogP contribution in [0, 0.1) is 6.92 Å². The number of hydrogen-bond acceptors (Lipinski definition) is 3. The van der Waals surface area contributed by atoms with E-state index in [0.29, 0.717) is 13.0 Å². The Morgan fingerprint density at radius 3 is 2.45 bits per heavy atom. The lowest BCUT2D eigenvalue weighted by atomic mass is 9.88. The fourth-order valence-corrected chi connectivity index (χ4v) is 2.33. The van der Waals surface area contributed by atoms with Crippen LogP contribution < -0.4 is 4.74 Å². The van der Waals surface area contributed by atoms with E-state index in [1.54, 1.807) is 6.92 Å². The van der Waals surface area contributed by atoms with Crippen molar-refractivity contribution in [3.05, 3.63) is 29.3 Å². The molecule has 0 spiro atoms. The maximum Gasteiger partial charge on any atom is 0.122 e. The summed E-state index contributed by atoms with van der Waals surface area (Å²) < 4.78 is 5.82. The molecule has 0 aromatic heterocycles. The van der Waals surface area contributed by atoms with Gasteiger partial charge in [0.1, 0.15) is 5.75 Å². The van der Waals surface area contributed by atoms with Gasteiger partial charge in [0.25, 0.3) is 0 Å². The maximum absolute atomic E-state index is 9.93. The van der Waals surface area contributed by atoms with Gasteiger partial charge >= 0.3 is 0 Å². The number of benzene rings is 1. The average molecular weight is 280 g/mol. The maximum atomic E-state index is 9.93. The zero-order chi connectivity index (χ0) is 15.1. The van der Waals surface area contributed by atoms with Gasteiger partial charge in [-0.05, 0) is 50.7 Å². The smallest absolute Gasteiger partial charge is 0.122 e. The van der Waals surface area contributed by atoms with Gasteiger partial charge in [-0.1, -0.05) is 31.5 Å². The molecule has 0 saturated carbocycles. The Morgan fingerprint density at radius 1 is 1.20 bits per heavy atom. The molecule has 3 heteroatoms. The first-order chi connectivity index (χ1) is 9.49. The predicted molar refractivity (Wildman–Crippen MR) is 82.3 cm³/mol. The molecule has 3 unspecified atom stereocenters. The fraction of sp³-hybridized carbons (Fsp3) is 0.647. The first-order valence-corrected chi connectivity index (χ1v) is 7.59. The minimum atomic E-state index is -0.700. The van der Waals surface area contributed by atoms with Crippen LogP contribution in [-0.2, 0) is 0 Å². The van der Waals surface area contributed by atoms with Gasteiger partial charge in [0.05, 0.1) is 18.8 Å². The van der Waals surface area contributed by atoms with Crippen LogP contribution >= 0.6 is 0 Å². The van der Waals surface area contributed by atoms with Gasteiger partial charge < -0.3 is 14.9 Å². The molecule has 2 N–H and O–H groups in total. The Hall–Kier alpha value is -1.06. The van der Waals surface area contributed by atoms with E-state index in [9.17, 15) is 10.2 Å². The Morgan fingerprint density at radius 2 is 1.90 bits per heavy atom. The van der Waals surface area contributed by atoms with Gasteiger partial charge in [0.15, 0.2) is 0 Å². The summed E-state index contributed by atoms with van der Waals surface area (Å²) in [5.41, 5.74) is 2.33. The number of hydrogen-bond donors (Lipinski definition) is 2. The van der Waals surface area contributed by atoms with E-state index in [2.05, 4.69) is 26.8 Å². The number of rotatable bonds is 8. The SMILES string of the molecule is CCCOc1ccc(C)cc1C(CC)CC(O)C(C)O. The summed E-state index contributed by atoms with van der Waals surface area (Å²) in [7, 11) is 0. The van der Waals surface area contributed by atoms with E-state index in [1.807, 2.05) is 12.1 Å². The Balaban J connectivity index is 2.96. The van der Waals surface area contributed by atoms with Crippen LogP contribution in [0.15, 0.2) is 18.2 Å². The molecule has 3 nitrogen and oxygen atoms in total. The van der Waals surface area contributed by atoms with Gasteiger partial charge in [0, 0.05) is 0 Å².